The largest absolute Gasteiger partial charge is 0.396 e. The minimum Gasteiger partial charge on any atom is -0.396 e. The molecule has 220 valence electrons. The first-order valence-corrected chi connectivity index (χ1v) is 16.3. The van der Waals surface area contributed by atoms with Gasteiger partial charge < -0.3 is 19.8 Å². The van der Waals surface area contributed by atoms with Crippen molar-refractivity contribution in [1.82, 2.24) is 14.7 Å². The Hall–Kier alpha value is -2.58. The van der Waals surface area contributed by atoms with Crippen LogP contribution < -0.4 is 0 Å². The van der Waals surface area contributed by atoms with Crippen molar-refractivity contribution >= 4 is 29.5 Å². The van der Waals surface area contributed by atoms with Gasteiger partial charge in [-0.15, -0.1) is 11.8 Å². The lowest BCUT2D eigenvalue weighted by Gasteiger charge is -2.40. The highest BCUT2D eigenvalue weighted by atomic mass is 32.2. The van der Waals surface area contributed by atoms with Gasteiger partial charge in [-0.25, -0.2) is 0 Å². The van der Waals surface area contributed by atoms with Crippen LogP contribution in [0.15, 0.2) is 54.6 Å². The van der Waals surface area contributed by atoms with Crippen LogP contribution >= 0.6 is 11.8 Å². The van der Waals surface area contributed by atoms with Gasteiger partial charge in [0.1, 0.15) is 6.04 Å². The van der Waals surface area contributed by atoms with Crippen molar-refractivity contribution in [2.45, 2.75) is 86.4 Å². The molecule has 0 aromatic heterocycles. The van der Waals surface area contributed by atoms with Gasteiger partial charge in [-0.05, 0) is 44.6 Å². The normalized spacial score (nSPS) is 33.6. The van der Waals surface area contributed by atoms with E-state index in [1.165, 1.54) is 6.42 Å². The number of aliphatic hydroxyl groups excluding tert-OH is 1. The Labute approximate surface area is 248 Å². The van der Waals surface area contributed by atoms with Crippen molar-refractivity contribution in [3.63, 3.8) is 0 Å². The third-order valence-electron chi connectivity index (χ3n) is 9.96. The lowest BCUT2D eigenvalue weighted by molar-refractivity contribution is -0.145. The summed E-state index contributed by atoms with van der Waals surface area (Å²) in [7, 11) is 0. The summed E-state index contributed by atoms with van der Waals surface area (Å²) < 4.78 is -1.38. The molecule has 5 aliphatic rings. The molecular weight excluding hydrogens is 534 g/mol. The Bertz CT molecular complexity index is 1210. The van der Waals surface area contributed by atoms with E-state index in [0.717, 1.165) is 44.1 Å². The molecule has 0 bridgehead atoms. The first-order chi connectivity index (χ1) is 19.9. The molecule has 3 fully saturated rings. The highest BCUT2D eigenvalue weighted by molar-refractivity contribution is 8.02. The van der Waals surface area contributed by atoms with Crippen LogP contribution in [-0.4, -0.2) is 85.3 Å². The average Bonchev–Trinajstić information content (AvgIpc) is 3.24. The lowest BCUT2D eigenvalue weighted by atomic mass is 9.74. The molecule has 41 heavy (non-hydrogen) atoms. The number of nitrogens with zero attached hydrogens (tertiary/aromatic N) is 3. The predicted molar refractivity (Wildman–Crippen MR) is 161 cm³/mol. The molecule has 7 nitrogen and oxygen atoms in total. The number of hydrogen-bond donors (Lipinski definition) is 1. The van der Waals surface area contributed by atoms with Crippen molar-refractivity contribution < 1.29 is 19.5 Å². The van der Waals surface area contributed by atoms with Gasteiger partial charge >= 0.3 is 0 Å². The van der Waals surface area contributed by atoms with Crippen molar-refractivity contribution in [2.24, 2.45) is 11.8 Å². The highest BCUT2D eigenvalue weighted by Gasteiger charge is 2.73. The van der Waals surface area contributed by atoms with E-state index in [1.807, 2.05) is 45.0 Å². The highest BCUT2D eigenvalue weighted by Crippen LogP contribution is 2.65. The maximum Gasteiger partial charge on any atom is 0.247 e. The third kappa shape index (κ3) is 4.95. The summed E-state index contributed by atoms with van der Waals surface area (Å²) in [6.45, 7) is 4.25. The first-order valence-electron chi connectivity index (χ1n) is 15.5. The summed E-state index contributed by atoms with van der Waals surface area (Å²) in [6, 6.07) is 9.59. The molecule has 1 saturated carbocycles. The van der Waals surface area contributed by atoms with Crippen LogP contribution in [-0.2, 0) is 20.9 Å². The van der Waals surface area contributed by atoms with Gasteiger partial charge in [0.25, 0.3) is 0 Å². The fraction of sp³-hybridized carbons (Fsp3) is 0.606. The van der Waals surface area contributed by atoms with E-state index in [4.69, 9.17) is 0 Å². The van der Waals surface area contributed by atoms with Gasteiger partial charge in [0.05, 0.1) is 16.6 Å². The molecule has 8 heteroatoms. The van der Waals surface area contributed by atoms with Gasteiger partial charge in [-0.2, -0.15) is 0 Å². The topological polar surface area (TPSA) is 81.2 Å². The molecule has 1 aliphatic carbocycles. The van der Waals surface area contributed by atoms with Crippen LogP contribution in [0.1, 0.15) is 63.9 Å². The van der Waals surface area contributed by atoms with Gasteiger partial charge in [-0.1, -0.05) is 73.9 Å². The van der Waals surface area contributed by atoms with E-state index in [9.17, 15) is 19.5 Å². The number of likely N-dealkylation sites (tertiary alicyclic amines) is 1. The zero-order valence-electron chi connectivity index (χ0n) is 24.1. The Morgan fingerprint density at radius 3 is 2.39 bits per heavy atom. The molecule has 2 saturated heterocycles. The molecule has 6 rings (SSSR count). The molecule has 1 unspecified atom stereocenters. The number of carbonyl (C=O) groups excluding carboxylic acids is 3. The number of aliphatic hydroxyl groups is 1. The predicted octanol–water partition coefficient (Wildman–Crippen LogP) is 4.17. The summed E-state index contributed by atoms with van der Waals surface area (Å²) in [6.07, 6.45) is 16.2. The molecule has 4 aliphatic heterocycles. The van der Waals surface area contributed by atoms with E-state index >= 15 is 0 Å². The molecule has 1 N–H and O–H groups in total. The van der Waals surface area contributed by atoms with Crippen molar-refractivity contribution in [1.29, 1.82) is 0 Å². The van der Waals surface area contributed by atoms with E-state index in [0.29, 0.717) is 32.6 Å². The molecule has 1 aromatic carbocycles. The molecule has 3 amide bonds. The Kier molecular flexibility index (Phi) is 8.07. The summed E-state index contributed by atoms with van der Waals surface area (Å²) >= 11 is 1.67. The average molecular weight is 578 g/mol. The van der Waals surface area contributed by atoms with Gasteiger partial charge in [0.2, 0.25) is 17.7 Å². The molecule has 5 atom stereocenters. The van der Waals surface area contributed by atoms with Crippen LogP contribution in [0.5, 0.6) is 0 Å². The Balaban J connectivity index is 1.38. The number of carbonyl (C=O) groups is 3. The van der Waals surface area contributed by atoms with E-state index in [-0.39, 0.29) is 30.4 Å². The fourth-order valence-electron chi connectivity index (χ4n) is 8.07. The molecule has 0 radical (unpaired) electrons. The Morgan fingerprint density at radius 2 is 1.63 bits per heavy atom. The van der Waals surface area contributed by atoms with Crippen LogP contribution in [0, 0.1) is 11.8 Å². The van der Waals surface area contributed by atoms with Crippen LogP contribution in [0.2, 0.25) is 0 Å². The number of unbranched alkanes of at least 4 members (excludes halogenated alkanes) is 2. The van der Waals surface area contributed by atoms with Gasteiger partial charge in [0.15, 0.2) is 0 Å². The summed E-state index contributed by atoms with van der Waals surface area (Å²) in [5, 5.41) is 9.33. The standard InChI is InChI=1S/C33H43N3O4S/c1-32-17-11-19-34(23-24-13-5-2-6-14-24)29(38)26(32)27-30(39)36(20-9-4-10-22-37)28-31(40)35(25-15-7-3-8-16-25)21-12-18-33(27,28)41-32/h2,5-6,11-14,17-18,25-28,37H,3-4,7-10,15-16,19-23H2,1H3/t26-,27+,28?,32+,33+/m1/s1. The quantitative estimate of drug-likeness (QED) is 0.371. The van der Waals surface area contributed by atoms with E-state index in [1.54, 1.807) is 11.8 Å². The van der Waals surface area contributed by atoms with Crippen molar-refractivity contribution in [3.05, 3.63) is 60.2 Å². The summed E-state index contributed by atoms with van der Waals surface area (Å²) in [4.78, 5) is 49.3. The van der Waals surface area contributed by atoms with Crippen molar-refractivity contribution in [3.8, 4) is 0 Å². The molecule has 1 spiro atoms. The number of thioether (sulfide) groups is 1. The van der Waals surface area contributed by atoms with Crippen LogP contribution in [0.4, 0.5) is 0 Å². The second-order valence-electron chi connectivity index (χ2n) is 12.6. The zero-order valence-corrected chi connectivity index (χ0v) is 24.9. The van der Waals surface area contributed by atoms with Gasteiger partial charge in [0, 0.05) is 43.6 Å². The molecule has 1 aromatic rings. The summed E-state index contributed by atoms with van der Waals surface area (Å²) in [5.74, 6) is -1.16. The smallest absolute Gasteiger partial charge is 0.247 e. The number of amides is 3. The van der Waals surface area contributed by atoms with Gasteiger partial charge in [-0.3, -0.25) is 14.4 Å². The summed E-state index contributed by atoms with van der Waals surface area (Å²) in [5.41, 5.74) is 1.06. The maximum absolute atomic E-state index is 14.6. The number of fused-ring (bicyclic) bond motifs is 2. The lowest BCUT2D eigenvalue weighted by Crippen LogP contribution is -2.55. The zero-order chi connectivity index (χ0) is 28.6. The number of rotatable bonds is 8. The maximum atomic E-state index is 14.6. The SMILES string of the molecule is C[C@]12C=CCN(Cc3ccccc3)C(=O)[C@H]1[C@H]1C(=O)N(CCCCCO)C3C(=O)N(C4CCCCC4)CC=C[C@@]31S2. The van der Waals surface area contributed by atoms with Crippen LogP contribution in [0.3, 0.4) is 0 Å². The Morgan fingerprint density at radius 1 is 0.878 bits per heavy atom. The second kappa shape index (κ2) is 11.6. The molecule has 4 heterocycles. The third-order valence-corrected chi connectivity index (χ3v) is 11.8. The minimum atomic E-state index is -0.788. The monoisotopic (exact) mass is 577 g/mol. The van der Waals surface area contributed by atoms with Crippen molar-refractivity contribution in [2.75, 3.05) is 26.2 Å². The minimum absolute atomic E-state index is 0.000749. The second-order valence-corrected chi connectivity index (χ2v) is 14.4. The fourth-order valence-corrected chi connectivity index (χ4v) is 10.2. The van der Waals surface area contributed by atoms with Crippen LogP contribution in [0.25, 0.3) is 0 Å². The molecular formula is C33H43N3O4S. The number of benzene rings is 1. The number of hydrogen-bond acceptors (Lipinski definition) is 5. The van der Waals surface area contributed by atoms with E-state index in [2.05, 4.69) is 31.2 Å². The first kappa shape index (κ1) is 28.5. The van der Waals surface area contributed by atoms with E-state index < -0.39 is 27.4 Å².